The molecule has 0 spiro atoms. The number of hydrogen-bond donors (Lipinski definition) is 1. The normalized spacial score (nSPS) is 14.5. The number of imidazole rings is 1. The van der Waals surface area contributed by atoms with Crippen LogP contribution >= 0.6 is 0 Å². The van der Waals surface area contributed by atoms with E-state index in [1.165, 1.54) is 0 Å². The van der Waals surface area contributed by atoms with Crippen LogP contribution in [-0.4, -0.2) is 68.1 Å². The molecule has 0 aromatic carbocycles. The Kier molecular flexibility index (Phi) is 7.58. The predicted octanol–water partition coefficient (Wildman–Crippen LogP) is 1.47. The highest BCUT2D eigenvalue weighted by molar-refractivity contribution is 5.26. The SMILES string of the molecule is CCN(C)CC(CNc1nccn1C(C)COC)OC. The molecule has 0 amide bonds. The molecule has 1 N–H and O–H groups in total. The highest BCUT2D eigenvalue weighted by Crippen LogP contribution is 2.13. The van der Waals surface area contributed by atoms with Gasteiger partial charge in [0.1, 0.15) is 0 Å². The minimum absolute atomic E-state index is 0.142. The molecule has 0 saturated carbocycles. The second-order valence-electron chi connectivity index (χ2n) is 5.06. The molecule has 0 aliphatic rings. The Morgan fingerprint density at radius 3 is 2.80 bits per heavy atom. The summed E-state index contributed by atoms with van der Waals surface area (Å²) in [5.74, 6) is 0.857. The standard InChI is InChI=1S/C14H28N4O2/c1-6-17(3)10-13(20-5)9-16-14-15-7-8-18(14)12(2)11-19-4/h7-8,12-13H,6,9-11H2,1-5H3,(H,15,16). The first kappa shape index (κ1) is 16.9. The number of anilines is 1. The second kappa shape index (κ2) is 8.94. The zero-order valence-corrected chi connectivity index (χ0v) is 13.3. The molecular weight excluding hydrogens is 256 g/mol. The quantitative estimate of drug-likeness (QED) is 0.705. The van der Waals surface area contributed by atoms with Crippen LogP contribution in [0.5, 0.6) is 0 Å². The summed E-state index contributed by atoms with van der Waals surface area (Å²) < 4.78 is 12.8. The van der Waals surface area contributed by atoms with E-state index in [-0.39, 0.29) is 12.1 Å². The molecule has 2 unspecified atom stereocenters. The molecule has 1 rings (SSSR count). The van der Waals surface area contributed by atoms with Crippen LogP contribution in [0.1, 0.15) is 19.9 Å². The number of nitrogens with zero attached hydrogens (tertiary/aromatic N) is 3. The van der Waals surface area contributed by atoms with Crippen LogP contribution in [-0.2, 0) is 9.47 Å². The zero-order valence-electron chi connectivity index (χ0n) is 13.3. The molecular formula is C14H28N4O2. The van der Waals surface area contributed by atoms with Gasteiger partial charge >= 0.3 is 0 Å². The van der Waals surface area contributed by atoms with Crippen LogP contribution in [0.4, 0.5) is 5.95 Å². The highest BCUT2D eigenvalue weighted by Gasteiger charge is 2.13. The Morgan fingerprint density at radius 1 is 1.45 bits per heavy atom. The van der Waals surface area contributed by atoms with Crippen molar-refractivity contribution in [3.63, 3.8) is 0 Å². The lowest BCUT2D eigenvalue weighted by Gasteiger charge is -2.23. The van der Waals surface area contributed by atoms with Crippen molar-refractivity contribution in [1.82, 2.24) is 14.5 Å². The Bertz CT molecular complexity index is 370. The minimum atomic E-state index is 0.142. The van der Waals surface area contributed by atoms with E-state index >= 15 is 0 Å². The molecule has 0 fully saturated rings. The van der Waals surface area contributed by atoms with Crippen molar-refractivity contribution in [3.05, 3.63) is 12.4 Å². The Hall–Kier alpha value is -1.11. The average Bonchev–Trinajstić information content (AvgIpc) is 2.91. The molecule has 116 valence electrons. The maximum absolute atomic E-state index is 5.50. The number of ether oxygens (including phenoxy) is 2. The largest absolute Gasteiger partial charge is 0.383 e. The van der Waals surface area contributed by atoms with E-state index in [0.29, 0.717) is 6.61 Å². The third-order valence-corrected chi connectivity index (χ3v) is 3.43. The van der Waals surface area contributed by atoms with E-state index in [0.717, 1.165) is 25.6 Å². The van der Waals surface area contributed by atoms with Crippen LogP contribution < -0.4 is 5.32 Å². The minimum Gasteiger partial charge on any atom is -0.383 e. The lowest BCUT2D eigenvalue weighted by Crippen LogP contribution is -2.35. The fourth-order valence-electron chi connectivity index (χ4n) is 2.03. The lowest BCUT2D eigenvalue weighted by atomic mass is 10.3. The first-order chi connectivity index (χ1) is 9.62. The predicted molar refractivity (Wildman–Crippen MR) is 81.3 cm³/mol. The summed E-state index contributed by atoms with van der Waals surface area (Å²) in [6.45, 7) is 7.55. The van der Waals surface area contributed by atoms with Gasteiger partial charge in [0.2, 0.25) is 5.95 Å². The van der Waals surface area contributed by atoms with Crippen LogP contribution in [0.15, 0.2) is 12.4 Å². The smallest absolute Gasteiger partial charge is 0.203 e. The zero-order chi connectivity index (χ0) is 15.0. The lowest BCUT2D eigenvalue weighted by molar-refractivity contribution is 0.0825. The molecule has 0 aliphatic heterocycles. The monoisotopic (exact) mass is 284 g/mol. The summed E-state index contributed by atoms with van der Waals surface area (Å²) in [6.07, 6.45) is 3.91. The Balaban J connectivity index is 2.54. The van der Waals surface area contributed by atoms with Crippen LogP contribution in [0.25, 0.3) is 0 Å². The summed E-state index contributed by atoms with van der Waals surface area (Å²) in [6, 6.07) is 0.254. The van der Waals surface area contributed by atoms with E-state index in [1.807, 2.05) is 6.20 Å². The van der Waals surface area contributed by atoms with Gasteiger partial charge < -0.3 is 24.3 Å². The number of methoxy groups -OCH3 is 2. The van der Waals surface area contributed by atoms with Crippen LogP contribution in [0.3, 0.4) is 0 Å². The summed E-state index contributed by atoms with van der Waals surface area (Å²) in [4.78, 5) is 6.58. The number of hydrogen-bond acceptors (Lipinski definition) is 5. The molecule has 1 heterocycles. The fourth-order valence-corrected chi connectivity index (χ4v) is 2.03. The van der Waals surface area contributed by atoms with Gasteiger partial charge in [-0.2, -0.15) is 0 Å². The summed E-state index contributed by atoms with van der Waals surface area (Å²) >= 11 is 0. The van der Waals surface area contributed by atoms with Gasteiger partial charge in [0.05, 0.1) is 18.8 Å². The summed E-state index contributed by atoms with van der Waals surface area (Å²) in [5, 5.41) is 3.36. The van der Waals surface area contributed by atoms with Crippen molar-refractivity contribution < 1.29 is 9.47 Å². The van der Waals surface area contributed by atoms with Crippen molar-refractivity contribution >= 4 is 5.95 Å². The van der Waals surface area contributed by atoms with Gasteiger partial charge in [-0.3, -0.25) is 0 Å². The van der Waals surface area contributed by atoms with Gasteiger partial charge in [-0.25, -0.2) is 4.98 Å². The topological polar surface area (TPSA) is 51.6 Å². The molecule has 0 aliphatic carbocycles. The highest BCUT2D eigenvalue weighted by atomic mass is 16.5. The third kappa shape index (κ3) is 5.11. The van der Waals surface area contributed by atoms with E-state index in [4.69, 9.17) is 9.47 Å². The van der Waals surface area contributed by atoms with Gasteiger partial charge in [-0.1, -0.05) is 6.92 Å². The first-order valence-corrected chi connectivity index (χ1v) is 7.09. The van der Waals surface area contributed by atoms with Crippen molar-refractivity contribution in [3.8, 4) is 0 Å². The van der Waals surface area contributed by atoms with Gasteiger partial charge in [-0.15, -0.1) is 0 Å². The molecule has 1 aromatic rings. The van der Waals surface area contributed by atoms with E-state index in [9.17, 15) is 0 Å². The van der Waals surface area contributed by atoms with Gasteiger partial charge in [-0.05, 0) is 20.5 Å². The maximum atomic E-state index is 5.50. The van der Waals surface area contributed by atoms with E-state index in [1.54, 1.807) is 20.4 Å². The average molecular weight is 284 g/mol. The maximum Gasteiger partial charge on any atom is 0.203 e. The molecule has 0 radical (unpaired) electrons. The summed E-state index contributed by atoms with van der Waals surface area (Å²) in [7, 11) is 5.55. The van der Waals surface area contributed by atoms with E-state index in [2.05, 4.69) is 40.7 Å². The molecule has 20 heavy (non-hydrogen) atoms. The fraction of sp³-hybridized carbons (Fsp3) is 0.786. The van der Waals surface area contributed by atoms with Crippen LogP contribution in [0, 0.1) is 0 Å². The molecule has 0 bridgehead atoms. The first-order valence-electron chi connectivity index (χ1n) is 7.09. The van der Waals surface area contributed by atoms with Gasteiger partial charge in [0, 0.05) is 39.7 Å². The van der Waals surface area contributed by atoms with Crippen molar-refractivity contribution in [2.24, 2.45) is 0 Å². The van der Waals surface area contributed by atoms with Gasteiger partial charge in [0.15, 0.2) is 0 Å². The second-order valence-corrected chi connectivity index (χ2v) is 5.06. The third-order valence-electron chi connectivity index (χ3n) is 3.43. The molecule has 6 heteroatoms. The number of aromatic nitrogens is 2. The summed E-state index contributed by atoms with van der Waals surface area (Å²) in [5.41, 5.74) is 0. The number of rotatable bonds is 10. The van der Waals surface area contributed by atoms with Crippen molar-refractivity contribution in [2.45, 2.75) is 26.0 Å². The van der Waals surface area contributed by atoms with Gasteiger partial charge in [0.25, 0.3) is 0 Å². The Labute approximate surface area is 122 Å². The van der Waals surface area contributed by atoms with Crippen molar-refractivity contribution in [2.75, 3.05) is 52.8 Å². The van der Waals surface area contributed by atoms with E-state index < -0.39 is 0 Å². The van der Waals surface area contributed by atoms with Crippen LogP contribution in [0.2, 0.25) is 0 Å². The number of nitrogens with one attached hydrogen (secondary N) is 1. The van der Waals surface area contributed by atoms with Crippen molar-refractivity contribution in [1.29, 1.82) is 0 Å². The molecule has 2 atom stereocenters. The molecule has 1 aromatic heterocycles. The molecule has 6 nitrogen and oxygen atoms in total. The Morgan fingerprint density at radius 2 is 2.20 bits per heavy atom. The number of likely N-dealkylation sites (N-methyl/N-ethyl adjacent to an activating group) is 1. The molecule has 0 saturated heterocycles.